The highest BCUT2D eigenvalue weighted by Gasteiger charge is 2.10. The quantitative estimate of drug-likeness (QED) is 0.692. The molecule has 2 aromatic rings. The van der Waals surface area contributed by atoms with E-state index in [1.165, 1.54) is 21.6 Å². The summed E-state index contributed by atoms with van der Waals surface area (Å²) in [5.41, 5.74) is 4.24. The normalized spacial score (nSPS) is 14.9. The van der Waals surface area contributed by atoms with Crippen molar-refractivity contribution in [3.63, 3.8) is 0 Å². The van der Waals surface area contributed by atoms with Gasteiger partial charge in [-0.1, -0.05) is 18.2 Å². The van der Waals surface area contributed by atoms with Gasteiger partial charge in [-0.25, -0.2) is 5.32 Å². The minimum atomic E-state index is 0.903. The highest BCUT2D eigenvalue weighted by atomic mass is 32.1. The fourth-order valence-corrected chi connectivity index (χ4v) is 2.73. The lowest BCUT2D eigenvalue weighted by Crippen LogP contribution is -2.17. The highest BCUT2D eigenvalue weighted by Crippen LogP contribution is 2.27. The van der Waals surface area contributed by atoms with E-state index >= 15 is 0 Å². The van der Waals surface area contributed by atoms with Crippen LogP contribution >= 0.6 is 11.3 Å². The highest BCUT2D eigenvalue weighted by molar-refractivity contribution is 7.13. The number of benzene rings is 1. The molecule has 0 unspecified atom stereocenters. The third-order valence-corrected chi connectivity index (χ3v) is 3.75. The van der Waals surface area contributed by atoms with Gasteiger partial charge in [0.05, 0.1) is 0 Å². The zero-order chi connectivity index (χ0) is 10.1. The van der Waals surface area contributed by atoms with Gasteiger partial charge < -0.3 is 0 Å². The first-order valence-corrected chi connectivity index (χ1v) is 6.10. The predicted octanol–water partition coefficient (Wildman–Crippen LogP) is 3.08. The Morgan fingerprint density at radius 1 is 1.13 bits per heavy atom. The van der Waals surface area contributed by atoms with Gasteiger partial charge in [-0.3, -0.25) is 0 Å². The second kappa shape index (κ2) is 3.80. The number of hydrogen-bond donors (Lipinski definition) is 0. The third-order valence-electron chi connectivity index (χ3n) is 2.83. The number of rotatable bonds is 1. The molecule has 0 bridgehead atoms. The van der Waals surface area contributed by atoms with Crippen molar-refractivity contribution in [3.8, 4) is 10.4 Å². The van der Waals surface area contributed by atoms with Crippen LogP contribution in [-0.2, 0) is 13.0 Å². The predicted molar refractivity (Wildman–Crippen MR) is 64.2 cm³/mol. The zero-order valence-electron chi connectivity index (χ0n) is 8.44. The Morgan fingerprint density at radius 3 is 3.00 bits per heavy atom. The van der Waals surface area contributed by atoms with E-state index in [2.05, 4.69) is 41.0 Å². The van der Waals surface area contributed by atoms with E-state index in [1.807, 2.05) is 0 Å². The molecule has 1 radical (unpaired) electrons. The molecule has 1 aromatic heterocycles. The minimum absolute atomic E-state index is 0.903. The van der Waals surface area contributed by atoms with Gasteiger partial charge >= 0.3 is 0 Å². The van der Waals surface area contributed by atoms with E-state index in [-0.39, 0.29) is 0 Å². The van der Waals surface area contributed by atoms with E-state index in [0.29, 0.717) is 0 Å². The fourth-order valence-electron chi connectivity index (χ4n) is 2.01. The van der Waals surface area contributed by atoms with E-state index < -0.39 is 0 Å². The molecule has 3 rings (SSSR count). The minimum Gasteiger partial charge on any atom is -0.237 e. The molecule has 0 spiro atoms. The first kappa shape index (κ1) is 9.13. The summed E-state index contributed by atoms with van der Waals surface area (Å²) in [4.78, 5) is 1.36. The Balaban J connectivity index is 2.04. The van der Waals surface area contributed by atoms with Crippen molar-refractivity contribution in [3.05, 3.63) is 46.8 Å². The first-order chi connectivity index (χ1) is 7.43. The maximum absolute atomic E-state index is 4.41. The van der Waals surface area contributed by atoms with Gasteiger partial charge in [0.1, 0.15) is 0 Å². The topological polar surface area (TPSA) is 14.1 Å². The van der Waals surface area contributed by atoms with E-state index in [0.717, 1.165) is 19.5 Å². The van der Waals surface area contributed by atoms with Crippen molar-refractivity contribution in [1.82, 2.24) is 5.32 Å². The summed E-state index contributed by atoms with van der Waals surface area (Å²) in [6.45, 7) is 1.89. The average molecular weight is 214 g/mol. The molecule has 75 valence electrons. The summed E-state index contributed by atoms with van der Waals surface area (Å²) in [5.74, 6) is 0. The van der Waals surface area contributed by atoms with Crippen LogP contribution in [0.25, 0.3) is 10.4 Å². The van der Waals surface area contributed by atoms with Crippen molar-refractivity contribution >= 4 is 11.3 Å². The molecule has 0 N–H and O–H groups in total. The molecule has 0 fully saturated rings. The summed E-state index contributed by atoms with van der Waals surface area (Å²) in [7, 11) is 0. The molecule has 1 aliphatic heterocycles. The summed E-state index contributed by atoms with van der Waals surface area (Å²) in [5, 5.41) is 6.54. The van der Waals surface area contributed by atoms with E-state index in [1.54, 1.807) is 11.3 Å². The summed E-state index contributed by atoms with van der Waals surface area (Å²) in [6, 6.07) is 11.1. The van der Waals surface area contributed by atoms with Gasteiger partial charge in [0, 0.05) is 18.0 Å². The van der Waals surface area contributed by atoms with Gasteiger partial charge in [-0.05, 0) is 40.6 Å². The van der Waals surface area contributed by atoms with Gasteiger partial charge in [-0.2, -0.15) is 0 Å². The third kappa shape index (κ3) is 1.71. The van der Waals surface area contributed by atoms with Gasteiger partial charge in [0.25, 0.3) is 0 Å². The molecule has 2 heteroatoms. The van der Waals surface area contributed by atoms with Gasteiger partial charge in [0.2, 0.25) is 0 Å². The Labute approximate surface area is 93.8 Å². The zero-order valence-corrected chi connectivity index (χ0v) is 9.26. The van der Waals surface area contributed by atoms with Crippen molar-refractivity contribution in [1.29, 1.82) is 0 Å². The lowest BCUT2D eigenvalue weighted by molar-refractivity contribution is 0.630. The maximum atomic E-state index is 4.41. The molecular weight excluding hydrogens is 202 g/mol. The van der Waals surface area contributed by atoms with Crippen LogP contribution in [-0.4, -0.2) is 6.54 Å². The van der Waals surface area contributed by atoms with Crippen LogP contribution < -0.4 is 5.32 Å². The molecule has 0 amide bonds. The monoisotopic (exact) mass is 214 g/mol. The number of fused-ring (bicyclic) bond motifs is 1. The van der Waals surface area contributed by atoms with Crippen LogP contribution in [0.1, 0.15) is 11.1 Å². The van der Waals surface area contributed by atoms with Crippen molar-refractivity contribution in [2.45, 2.75) is 13.0 Å². The van der Waals surface area contributed by atoms with Crippen LogP contribution in [0.2, 0.25) is 0 Å². The second-order valence-electron chi connectivity index (χ2n) is 3.82. The fraction of sp³-hybridized carbons (Fsp3) is 0.231. The van der Waals surface area contributed by atoms with E-state index in [4.69, 9.17) is 0 Å². The summed E-state index contributed by atoms with van der Waals surface area (Å²) >= 11 is 1.80. The molecule has 0 saturated heterocycles. The molecule has 1 nitrogen and oxygen atoms in total. The van der Waals surface area contributed by atoms with Crippen LogP contribution in [0.15, 0.2) is 35.7 Å². The lowest BCUT2D eigenvalue weighted by atomic mass is 9.98. The SMILES string of the molecule is c1csc(-c2ccc3c(c2)CC[N]C3)c1. The number of hydrogen-bond acceptors (Lipinski definition) is 1. The lowest BCUT2D eigenvalue weighted by Gasteiger charge is -2.16. The van der Waals surface area contributed by atoms with Crippen LogP contribution in [0.3, 0.4) is 0 Å². The standard InChI is InChI=1S/C13H12NS/c1-2-13(15-7-1)11-3-4-12-9-14-6-5-10(12)8-11/h1-4,7-8H,5-6,9H2. The first-order valence-electron chi connectivity index (χ1n) is 5.22. The largest absolute Gasteiger partial charge is 0.237 e. The van der Waals surface area contributed by atoms with Gasteiger partial charge in [0.15, 0.2) is 0 Å². The number of thiophene rings is 1. The van der Waals surface area contributed by atoms with Crippen molar-refractivity contribution in [2.24, 2.45) is 0 Å². The van der Waals surface area contributed by atoms with E-state index in [9.17, 15) is 0 Å². The van der Waals surface area contributed by atoms with Crippen LogP contribution in [0.4, 0.5) is 0 Å². The van der Waals surface area contributed by atoms with Crippen LogP contribution in [0.5, 0.6) is 0 Å². The van der Waals surface area contributed by atoms with Crippen molar-refractivity contribution in [2.75, 3.05) is 6.54 Å². The maximum Gasteiger partial charge on any atom is 0.0387 e. The molecular formula is C13H12NS. The molecule has 1 aromatic carbocycles. The molecule has 0 aliphatic carbocycles. The Kier molecular flexibility index (Phi) is 2.31. The molecule has 15 heavy (non-hydrogen) atoms. The average Bonchev–Trinajstić information content (AvgIpc) is 2.82. The molecule has 0 atom stereocenters. The Bertz CT molecular complexity index is 459. The number of nitrogens with zero attached hydrogens (tertiary/aromatic N) is 1. The summed E-state index contributed by atoms with van der Waals surface area (Å²) in [6.07, 6.45) is 1.11. The van der Waals surface area contributed by atoms with Crippen molar-refractivity contribution < 1.29 is 0 Å². The van der Waals surface area contributed by atoms with Crippen LogP contribution in [0, 0.1) is 0 Å². The molecule has 1 aliphatic rings. The summed E-state index contributed by atoms with van der Waals surface area (Å²) < 4.78 is 0. The second-order valence-corrected chi connectivity index (χ2v) is 4.76. The smallest absolute Gasteiger partial charge is 0.0387 e. The molecule has 2 heterocycles. The van der Waals surface area contributed by atoms with Gasteiger partial charge in [-0.15, -0.1) is 11.3 Å². The Hall–Kier alpha value is -1.12. The Morgan fingerprint density at radius 2 is 2.13 bits per heavy atom. The molecule has 0 saturated carbocycles.